The SMILES string of the molecule is CC(C)CC(C)(O)CNC1CCCc2sc(I)cc21. The highest BCUT2D eigenvalue weighted by molar-refractivity contribution is 14.1. The zero-order chi connectivity index (χ0) is 14.0. The summed E-state index contributed by atoms with van der Waals surface area (Å²) >= 11 is 4.33. The van der Waals surface area contributed by atoms with Gasteiger partial charge < -0.3 is 10.4 Å². The number of hydrogen-bond donors (Lipinski definition) is 2. The third-order valence-corrected chi connectivity index (χ3v) is 5.63. The van der Waals surface area contributed by atoms with Crippen molar-refractivity contribution in [3.63, 3.8) is 0 Å². The van der Waals surface area contributed by atoms with E-state index in [1.54, 1.807) is 0 Å². The molecule has 0 radical (unpaired) electrons. The molecule has 2 nitrogen and oxygen atoms in total. The Bertz CT molecular complexity index is 428. The number of aryl methyl sites for hydroxylation is 1. The van der Waals surface area contributed by atoms with Gasteiger partial charge in [0, 0.05) is 17.5 Å². The number of nitrogens with one attached hydrogen (secondary N) is 1. The summed E-state index contributed by atoms with van der Waals surface area (Å²) in [6.45, 7) is 6.95. The first-order chi connectivity index (χ1) is 8.87. The highest BCUT2D eigenvalue weighted by Crippen LogP contribution is 2.36. The number of thiophene rings is 1. The summed E-state index contributed by atoms with van der Waals surface area (Å²) in [5.41, 5.74) is 0.871. The van der Waals surface area contributed by atoms with E-state index in [9.17, 15) is 5.11 Å². The molecule has 1 heterocycles. The molecule has 0 aromatic carbocycles. The average molecular weight is 393 g/mol. The van der Waals surface area contributed by atoms with Gasteiger partial charge in [-0.1, -0.05) is 13.8 Å². The molecule has 1 aromatic rings. The van der Waals surface area contributed by atoms with E-state index in [1.807, 2.05) is 18.3 Å². The van der Waals surface area contributed by atoms with Crippen molar-refractivity contribution in [2.24, 2.45) is 5.92 Å². The summed E-state index contributed by atoms with van der Waals surface area (Å²) in [6.07, 6.45) is 4.52. The maximum Gasteiger partial charge on any atom is 0.0746 e. The molecule has 2 unspecified atom stereocenters. The number of hydrogen-bond acceptors (Lipinski definition) is 3. The molecular weight excluding hydrogens is 369 g/mol. The maximum absolute atomic E-state index is 10.4. The largest absolute Gasteiger partial charge is 0.389 e. The molecule has 108 valence electrons. The Morgan fingerprint density at radius 1 is 1.58 bits per heavy atom. The topological polar surface area (TPSA) is 32.3 Å². The number of aliphatic hydroxyl groups is 1. The molecule has 1 aliphatic carbocycles. The van der Waals surface area contributed by atoms with E-state index in [4.69, 9.17) is 0 Å². The Labute approximate surface area is 134 Å². The highest BCUT2D eigenvalue weighted by Gasteiger charge is 2.26. The van der Waals surface area contributed by atoms with Crippen LogP contribution in [-0.2, 0) is 6.42 Å². The van der Waals surface area contributed by atoms with E-state index in [2.05, 4.69) is 47.8 Å². The lowest BCUT2D eigenvalue weighted by molar-refractivity contribution is 0.0353. The van der Waals surface area contributed by atoms with Gasteiger partial charge in [0.1, 0.15) is 0 Å². The third kappa shape index (κ3) is 4.41. The number of halogens is 1. The van der Waals surface area contributed by atoms with Crippen LogP contribution in [0, 0.1) is 8.80 Å². The van der Waals surface area contributed by atoms with Crippen LogP contribution in [0.1, 0.15) is 56.5 Å². The van der Waals surface area contributed by atoms with Crippen LogP contribution in [0.2, 0.25) is 0 Å². The Hall–Kier alpha value is 0.350. The van der Waals surface area contributed by atoms with E-state index in [-0.39, 0.29) is 0 Å². The summed E-state index contributed by atoms with van der Waals surface area (Å²) in [4.78, 5) is 1.54. The van der Waals surface area contributed by atoms with Crippen LogP contribution < -0.4 is 5.32 Å². The zero-order valence-corrected chi connectivity index (χ0v) is 15.0. The minimum atomic E-state index is -0.602. The number of fused-ring (bicyclic) bond motifs is 1. The van der Waals surface area contributed by atoms with Crippen LogP contribution in [-0.4, -0.2) is 17.3 Å². The van der Waals surface area contributed by atoms with E-state index in [0.29, 0.717) is 18.5 Å². The van der Waals surface area contributed by atoms with Crippen molar-refractivity contribution >= 4 is 33.9 Å². The molecule has 1 aliphatic rings. The second-order valence-electron chi connectivity index (χ2n) is 6.35. The van der Waals surface area contributed by atoms with Gasteiger partial charge in [0.15, 0.2) is 0 Å². The average Bonchev–Trinajstić information content (AvgIpc) is 2.65. The standard InChI is InChI=1S/C15H24INOS/c1-10(2)8-15(3,18)9-17-12-5-4-6-13-11(12)7-14(16)19-13/h7,10,12,17-18H,4-6,8-9H2,1-3H3. The van der Waals surface area contributed by atoms with Gasteiger partial charge in [0.25, 0.3) is 0 Å². The van der Waals surface area contributed by atoms with Gasteiger partial charge in [-0.2, -0.15) is 0 Å². The second kappa shape index (κ2) is 6.41. The summed E-state index contributed by atoms with van der Waals surface area (Å²) in [5, 5.41) is 14.0. The third-order valence-electron chi connectivity index (χ3n) is 3.66. The van der Waals surface area contributed by atoms with Crippen molar-refractivity contribution in [2.45, 2.75) is 58.1 Å². The van der Waals surface area contributed by atoms with Crippen LogP contribution >= 0.6 is 33.9 Å². The molecule has 0 spiro atoms. The summed E-state index contributed by atoms with van der Waals surface area (Å²) in [6, 6.07) is 2.75. The minimum Gasteiger partial charge on any atom is -0.389 e. The van der Waals surface area contributed by atoms with Crippen LogP contribution in [0.3, 0.4) is 0 Å². The molecule has 2 N–H and O–H groups in total. The van der Waals surface area contributed by atoms with Crippen LogP contribution in [0.5, 0.6) is 0 Å². The van der Waals surface area contributed by atoms with Gasteiger partial charge in [-0.3, -0.25) is 0 Å². The summed E-state index contributed by atoms with van der Waals surface area (Å²) in [5.74, 6) is 0.529. The first kappa shape index (κ1) is 15.7. The van der Waals surface area contributed by atoms with Gasteiger partial charge >= 0.3 is 0 Å². The Morgan fingerprint density at radius 3 is 3.00 bits per heavy atom. The fourth-order valence-corrected chi connectivity index (χ4v) is 5.15. The molecule has 1 aromatic heterocycles. The normalized spacial score (nSPS) is 22.3. The lowest BCUT2D eigenvalue weighted by atomic mass is 9.91. The minimum absolute atomic E-state index is 0.433. The van der Waals surface area contributed by atoms with Crippen molar-refractivity contribution in [1.82, 2.24) is 5.32 Å². The van der Waals surface area contributed by atoms with Crippen molar-refractivity contribution in [3.05, 3.63) is 19.4 Å². The van der Waals surface area contributed by atoms with Crippen molar-refractivity contribution in [1.29, 1.82) is 0 Å². The highest BCUT2D eigenvalue weighted by atomic mass is 127. The smallest absolute Gasteiger partial charge is 0.0746 e. The molecular formula is C15H24INOS. The van der Waals surface area contributed by atoms with Gasteiger partial charge in [-0.05, 0) is 72.7 Å². The Kier molecular flexibility index (Phi) is 5.31. The molecule has 0 fully saturated rings. The molecule has 0 saturated carbocycles. The fraction of sp³-hybridized carbons (Fsp3) is 0.733. The zero-order valence-electron chi connectivity index (χ0n) is 12.0. The first-order valence-corrected chi connectivity index (χ1v) is 9.01. The molecule has 0 saturated heterocycles. The predicted molar refractivity (Wildman–Crippen MR) is 90.8 cm³/mol. The van der Waals surface area contributed by atoms with Gasteiger partial charge in [-0.25, -0.2) is 0 Å². The molecule has 19 heavy (non-hydrogen) atoms. The second-order valence-corrected chi connectivity index (χ2v) is 9.38. The van der Waals surface area contributed by atoms with Crippen LogP contribution in [0.15, 0.2) is 6.07 Å². The fourth-order valence-electron chi connectivity index (χ4n) is 3.03. The van der Waals surface area contributed by atoms with Gasteiger partial charge in [0.05, 0.1) is 8.48 Å². The lowest BCUT2D eigenvalue weighted by Gasteiger charge is -2.30. The summed E-state index contributed by atoms with van der Waals surface area (Å²) in [7, 11) is 0. The lowest BCUT2D eigenvalue weighted by Crippen LogP contribution is -2.41. The van der Waals surface area contributed by atoms with Crippen LogP contribution in [0.4, 0.5) is 0 Å². The molecule has 2 rings (SSSR count). The molecule has 2 atom stereocenters. The Balaban J connectivity index is 1.97. The quantitative estimate of drug-likeness (QED) is 0.738. The first-order valence-electron chi connectivity index (χ1n) is 7.11. The van der Waals surface area contributed by atoms with Crippen molar-refractivity contribution in [2.75, 3.05) is 6.54 Å². The van der Waals surface area contributed by atoms with Crippen molar-refractivity contribution in [3.8, 4) is 0 Å². The van der Waals surface area contributed by atoms with Gasteiger partial charge in [-0.15, -0.1) is 11.3 Å². The Morgan fingerprint density at radius 2 is 2.32 bits per heavy atom. The van der Waals surface area contributed by atoms with E-state index >= 15 is 0 Å². The molecule has 4 heteroatoms. The monoisotopic (exact) mass is 393 g/mol. The van der Waals surface area contributed by atoms with E-state index < -0.39 is 5.60 Å². The summed E-state index contributed by atoms with van der Waals surface area (Å²) < 4.78 is 1.38. The van der Waals surface area contributed by atoms with E-state index in [0.717, 1.165) is 6.42 Å². The van der Waals surface area contributed by atoms with Crippen LogP contribution in [0.25, 0.3) is 0 Å². The molecule has 0 amide bonds. The van der Waals surface area contributed by atoms with Crippen molar-refractivity contribution < 1.29 is 5.11 Å². The molecule has 0 bridgehead atoms. The number of rotatable bonds is 5. The van der Waals surface area contributed by atoms with E-state index in [1.165, 1.54) is 32.6 Å². The predicted octanol–water partition coefficient (Wildman–Crippen LogP) is 4.12. The molecule has 0 aliphatic heterocycles. The van der Waals surface area contributed by atoms with Gasteiger partial charge in [0.2, 0.25) is 0 Å². The maximum atomic E-state index is 10.4.